The Morgan fingerprint density at radius 1 is 0.577 bits per heavy atom. The molecule has 1 aromatic heterocycles. The summed E-state index contributed by atoms with van der Waals surface area (Å²) in [6, 6.07) is 13.0. The molecule has 3 aromatic rings. The highest BCUT2D eigenvalue weighted by Gasteiger charge is 2.36. The average molecular weight is 367 g/mol. The van der Waals surface area contributed by atoms with E-state index in [-0.39, 0.29) is 17.2 Å². The van der Waals surface area contributed by atoms with E-state index in [0.717, 1.165) is 0 Å². The number of nitrogens with zero attached hydrogens (tertiary/aromatic N) is 1. The lowest BCUT2D eigenvalue weighted by Crippen LogP contribution is -2.11. The fourth-order valence-electron chi connectivity index (χ4n) is 2.49. The SMILES string of the molecule is FC(F)(F)c1cc(-c2ccc(-c3ccccn3)cc2)cc(C(F)(F)F)c1. The van der Waals surface area contributed by atoms with Crippen molar-refractivity contribution < 1.29 is 26.3 Å². The minimum absolute atomic E-state index is 0.117. The number of rotatable bonds is 2. The summed E-state index contributed by atoms with van der Waals surface area (Å²) >= 11 is 0. The van der Waals surface area contributed by atoms with Crippen LogP contribution < -0.4 is 0 Å². The summed E-state index contributed by atoms with van der Waals surface area (Å²) in [5.41, 5.74) is -1.22. The van der Waals surface area contributed by atoms with Crippen molar-refractivity contribution in [1.82, 2.24) is 4.98 Å². The zero-order chi connectivity index (χ0) is 18.9. The molecule has 0 saturated carbocycles. The number of halogens is 6. The first-order chi connectivity index (χ1) is 12.1. The Balaban J connectivity index is 2.06. The molecule has 0 saturated heterocycles. The van der Waals surface area contributed by atoms with Gasteiger partial charge in [0.15, 0.2) is 0 Å². The van der Waals surface area contributed by atoms with E-state index in [0.29, 0.717) is 23.4 Å². The van der Waals surface area contributed by atoms with E-state index in [2.05, 4.69) is 4.98 Å². The van der Waals surface area contributed by atoms with Gasteiger partial charge >= 0.3 is 12.4 Å². The van der Waals surface area contributed by atoms with Gasteiger partial charge in [-0.1, -0.05) is 30.3 Å². The lowest BCUT2D eigenvalue weighted by atomic mass is 9.98. The molecule has 0 fully saturated rings. The van der Waals surface area contributed by atoms with Crippen LogP contribution in [0.1, 0.15) is 11.1 Å². The maximum Gasteiger partial charge on any atom is 0.416 e. The molecule has 1 heterocycles. The van der Waals surface area contributed by atoms with E-state index in [1.807, 2.05) is 0 Å². The van der Waals surface area contributed by atoms with Crippen molar-refractivity contribution in [2.45, 2.75) is 12.4 Å². The number of pyridine rings is 1. The van der Waals surface area contributed by atoms with Crippen molar-refractivity contribution in [3.8, 4) is 22.4 Å². The average Bonchev–Trinajstić information content (AvgIpc) is 2.61. The monoisotopic (exact) mass is 367 g/mol. The number of hydrogen-bond donors (Lipinski definition) is 0. The minimum atomic E-state index is -4.87. The second-order valence-corrected chi connectivity index (χ2v) is 5.59. The summed E-state index contributed by atoms with van der Waals surface area (Å²) in [5.74, 6) is 0. The van der Waals surface area contributed by atoms with E-state index >= 15 is 0 Å². The van der Waals surface area contributed by atoms with E-state index in [1.165, 1.54) is 12.1 Å². The molecule has 3 rings (SSSR count). The quantitative estimate of drug-likeness (QED) is 0.474. The summed E-state index contributed by atoms with van der Waals surface area (Å²) in [7, 11) is 0. The predicted octanol–water partition coefficient (Wildman–Crippen LogP) is 6.45. The Morgan fingerprint density at radius 2 is 1.12 bits per heavy atom. The molecule has 134 valence electrons. The first-order valence-electron chi connectivity index (χ1n) is 7.46. The van der Waals surface area contributed by atoms with Gasteiger partial charge < -0.3 is 0 Å². The lowest BCUT2D eigenvalue weighted by molar-refractivity contribution is -0.143. The van der Waals surface area contributed by atoms with Crippen LogP contribution in [0.2, 0.25) is 0 Å². The van der Waals surface area contributed by atoms with Crippen LogP contribution in [0.3, 0.4) is 0 Å². The zero-order valence-electron chi connectivity index (χ0n) is 13.1. The molecule has 1 nitrogen and oxygen atoms in total. The summed E-state index contributed by atoms with van der Waals surface area (Å²) in [6.45, 7) is 0. The van der Waals surface area contributed by atoms with Crippen LogP contribution in [0.15, 0.2) is 66.9 Å². The van der Waals surface area contributed by atoms with Gasteiger partial charge in [-0.25, -0.2) is 0 Å². The Labute approximate surface area is 144 Å². The highest BCUT2D eigenvalue weighted by Crippen LogP contribution is 2.38. The Bertz CT molecular complexity index is 864. The van der Waals surface area contributed by atoms with Gasteiger partial charge in [-0.3, -0.25) is 4.98 Å². The molecule has 0 spiro atoms. The highest BCUT2D eigenvalue weighted by atomic mass is 19.4. The number of alkyl halides is 6. The van der Waals surface area contributed by atoms with E-state index in [1.54, 1.807) is 36.5 Å². The Morgan fingerprint density at radius 3 is 1.58 bits per heavy atom. The maximum absolute atomic E-state index is 13.0. The topological polar surface area (TPSA) is 12.9 Å². The smallest absolute Gasteiger partial charge is 0.256 e. The lowest BCUT2D eigenvalue weighted by Gasteiger charge is -2.14. The molecule has 0 N–H and O–H groups in total. The molecule has 0 amide bonds. The van der Waals surface area contributed by atoms with Crippen LogP contribution in [0.4, 0.5) is 26.3 Å². The number of hydrogen-bond acceptors (Lipinski definition) is 1. The Hall–Kier alpha value is -2.83. The number of benzene rings is 2. The maximum atomic E-state index is 13.0. The molecule has 26 heavy (non-hydrogen) atoms. The fraction of sp³-hybridized carbons (Fsp3) is 0.105. The number of aromatic nitrogens is 1. The van der Waals surface area contributed by atoms with Gasteiger partial charge in [0.05, 0.1) is 16.8 Å². The van der Waals surface area contributed by atoms with Crippen molar-refractivity contribution in [3.63, 3.8) is 0 Å². The third-order valence-electron chi connectivity index (χ3n) is 3.77. The standard InChI is InChI=1S/C19H11F6N/c20-18(21,22)15-9-14(10-16(11-15)19(23,24)25)12-4-6-13(7-5-12)17-3-1-2-8-26-17/h1-11H. The van der Waals surface area contributed by atoms with Crippen LogP contribution in [0, 0.1) is 0 Å². The zero-order valence-corrected chi connectivity index (χ0v) is 13.1. The van der Waals surface area contributed by atoms with Gasteiger partial charge in [-0.15, -0.1) is 0 Å². The first kappa shape index (κ1) is 18.0. The van der Waals surface area contributed by atoms with Gasteiger partial charge in [0.1, 0.15) is 0 Å². The summed E-state index contributed by atoms with van der Waals surface area (Å²) in [6.07, 6.45) is -8.15. The first-order valence-corrected chi connectivity index (χ1v) is 7.46. The molecule has 0 bridgehead atoms. The van der Waals surface area contributed by atoms with Crippen molar-refractivity contribution in [2.75, 3.05) is 0 Å². The normalized spacial score (nSPS) is 12.2. The minimum Gasteiger partial charge on any atom is -0.256 e. The van der Waals surface area contributed by atoms with E-state index in [9.17, 15) is 26.3 Å². The van der Waals surface area contributed by atoms with Crippen molar-refractivity contribution in [3.05, 3.63) is 78.0 Å². The summed E-state index contributed by atoms with van der Waals surface area (Å²) < 4.78 is 77.8. The molecule has 0 aliphatic rings. The molecular formula is C19H11F6N. The van der Waals surface area contributed by atoms with E-state index in [4.69, 9.17) is 0 Å². The molecule has 2 aromatic carbocycles. The van der Waals surface area contributed by atoms with Crippen LogP contribution >= 0.6 is 0 Å². The van der Waals surface area contributed by atoms with Crippen LogP contribution in [0.25, 0.3) is 22.4 Å². The van der Waals surface area contributed by atoms with Gasteiger partial charge in [0.2, 0.25) is 0 Å². The van der Waals surface area contributed by atoms with Crippen molar-refractivity contribution >= 4 is 0 Å². The van der Waals surface area contributed by atoms with Crippen molar-refractivity contribution in [2.24, 2.45) is 0 Å². The van der Waals surface area contributed by atoms with Crippen LogP contribution in [-0.2, 0) is 12.4 Å². The third kappa shape index (κ3) is 3.87. The Kier molecular flexibility index (Phi) is 4.48. The summed E-state index contributed by atoms with van der Waals surface area (Å²) in [4.78, 5) is 4.15. The highest BCUT2D eigenvalue weighted by molar-refractivity contribution is 5.70. The molecule has 7 heteroatoms. The van der Waals surface area contributed by atoms with Crippen LogP contribution in [-0.4, -0.2) is 4.98 Å². The molecule has 0 aliphatic heterocycles. The summed E-state index contributed by atoms with van der Waals surface area (Å²) in [5, 5.41) is 0. The molecule has 0 aliphatic carbocycles. The predicted molar refractivity (Wildman–Crippen MR) is 85.1 cm³/mol. The second kappa shape index (κ2) is 6.48. The van der Waals surface area contributed by atoms with Gasteiger partial charge in [0, 0.05) is 11.8 Å². The van der Waals surface area contributed by atoms with Crippen molar-refractivity contribution in [1.29, 1.82) is 0 Å². The van der Waals surface area contributed by atoms with Gasteiger partial charge in [-0.2, -0.15) is 26.3 Å². The molecule has 0 atom stereocenters. The largest absolute Gasteiger partial charge is 0.416 e. The van der Waals surface area contributed by atoms with E-state index < -0.39 is 23.5 Å². The van der Waals surface area contributed by atoms with Gasteiger partial charge in [0.25, 0.3) is 0 Å². The fourth-order valence-corrected chi connectivity index (χ4v) is 2.49. The molecular weight excluding hydrogens is 356 g/mol. The second-order valence-electron chi connectivity index (χ2n) is 5.59. The third-order valence-corrected chi connectivity index (χ3v) is 3.77. The van der Waals surface area contributed by atoms with Crippen LogP contribution in [0.5, 0.6) is 0 Å². The molecule has 0 radical (unpaired) electrons. The molecule has 0 unspecified atom stereocenters. The van der Waals surface area contributed by atoms with Gasteiger partial charge in [-0.05, 0) is 41.5 Å².